The molecule has 0 saturated carbocycles. The van der Waals surface area contributed by atoms with E-state index >= 15 is 0 Å². The first-order chi connectivity index (χ1) is 10.2. The molecule has 2 aromatic carbocycles. The average molecular weight is 285 g/mol. The van der Waals surface area contributed by atoms with Gasteiger partial charge in [0.2, 0.25) is 0 Å². The Morgan fingerprint density at radius 3 is 2.57 bits per heavy atom. The molecule has 0 saturated heterocycles. The van der Waals surface area contributed by atoms with Gasteiger partial charge in [-0.2, -0.15) is 0 Å². The zero-order valence-corrected chi connectivity index (χ0v) is 12.0. The third kappa shape index (κ3) is 4.53. The first-order valence-electron chi connectivity index (χ1n) is 6.88. The first kappa shape index (κ1) is 14.9. The van der Waals surface area contributed by atoms with Crippen molar-refractivity contribution in [1.82, 2.24) is 0 Å². The Labute approximate surface area is 124 Å². The second kappa shape index (κ2) is 7.33. The van der Waals surface area contributed by atoms with Gasteiger partial charge in [0.05, 0.1) is 18.8 Å². The van der Waals surface area contributed by atoms with Crippen LogP contribution in [0.4, 0.5) is 0 Å². The number of benzene rings is 2. The molecule has 0 atom stereocenters. The van der Waals surface area contributed by atoms with Crippen LogP contribution in [0.3, 0.4) is 0 Å². The number of aryl methyl sites for hydroxylation is 1. The minimum atomic E-state index is -0.485. The number of para-hydroxylation sites is 1. The van der Waals surface area contributed by atoms with Gasteiger partial charge in [0.1, 0.15) is 11.5 Å². The lowest BCUT2D eigenvalue weighted by molar-refractivity contribution is 0.0996. The van der Waals surface area contributed by atoms with Crippen LogP contribution in [0, 0.1) is 6.92 Å². The Balaban J connectivity index is 1.76. The van der Waals surface area contributed by atoms with E-state index in [9.17, 15) is 4.79 Å². The summed E-state index contributed by atoms with van der Waals surface area (Å²) in [6.07, 6.45) is 0.723. The van der Waals surface area contributed by atoms with Crippen molar-refractivity contribution in [3.63, 3.8) is 0 Å². The number of ether oxygens (including phenoxy) is 2. The van der Waals surface area contributed by atoms with Crippen molar-refractivity contribution in [1.29, 1.82) is 0 Å². The molecular weight excluding hydrogens is 266 g/mol. The highest BCUT2D eigenvalue weighted by molar-refractivity contribution is 5.95. The van der Waals surface area contributed by atoms with Gasteiger partial charge in [-0.25, -0.2) is 0 Å². The fourth-order valence-electron chi connectivity index (χ4n) is 1.93. The summed E-state index contributed by atoms with van der Waals surface area (Å²) in [5.41, 5.74) is 6.86. The van der Waals surface area contributed by atoms with E-state index in [4.69, 9.17) is 15.2 Å². The summed E-state index contributed by atoms with van der Waals surface area (Å²) in [4.78, 5) is 11.2. The molecule has 2 rings (SSSR count). The minimum absolute atomic E-state index is 0.400. The van der Waals surface area contributed by atoms with Crippen LogP contribution >= 0.6 is 0 Å². The topological polar surface area (TPSA) is 61.6 Å². The van der Waals surface area contributed by atoms with Gasteiger partial charge in [-0.3, -0.25) is 4.79 Å². The Kier molecular flexibility index (Phi) is 5.21. The van der Waals surface area contributed by atoms with Crippen LogP contribution in [0.2, 0.25) is 0 Å². The molecule has 110 valence electrons. The SMILES string of the molecule is Cc1cccc(OCCCOc2ccccc2C(N)=O)c1. The number of primary amides is 1. The molecule has 2 aromatic rings. The molecule has 0 spiro atoms. The van der Waals surface area contributed by atoms with E-state index < -0.39 is 5.91 Å². The predicted molar refractivity (Wildman–Crippen MR) is 81.7 cm³/mol. The van der Waals surface area contributed by atoms with Crippen LogP contribution in [0.5, 0.6) is 11.5 Å². The molecule has 0 unspecified atom stereocenters. The van der Waals surface area contributed by atoms with Gasteiger partial charge >= 0.3 is 0 Å². The minimum Gasteiger partial charge on any atom is -0.493 e. The monoisotopic (exact) mass is 285 g/mol. The van der Waals surface area contributed by atoms with Gasteiger partial charge in [-0.1, -0.05) is 24.3 Å². The molecule has 0 aliphatic carbocycles. The number of nitrogens with two attached hydrogens (primary N) is 1. The van der Waals surface area contributed by atoms with E-state index in [1.54, 1.807) is 18.2 Å². The summed E-state index contributed by atoms with van der Waals surface area (Å²) < 4.78 is 11.2. The Morgan fingerprint density at radius 1 is 1.05 bits per heavy atom. The van der Waals surface area contributed by atoms with Gasteiger partial charge in [0, 0.05) is 6.42 Å². The van der Waals surface area contributed by atoms with Crippen LogP contribution in [0.1, 0.15) is 22.3 Å². The van der Waals surface area contributed by atoms with Gasteiger partial charge < -0.3 is 15.2 Å². The fourth-order valence-corrected chi connectivity index (χ4v) is 1.93. The molecular formula is C17H19NO3. The Bertz CT molecular complexity index is 610. The number of amides is 1. The molecule has 4 heteroatoms. The molecule has 0 fully saturated rings. The van der Waals surface area contributed by atoms with E-state index in [1.807, 2.05) is 37.3 Å². The number of hydrogen-bond acceptors (Lipinski definition) is 3. The molecule has 0 aliphatic rings. The lowest BCUT2D eigenvalue weighted by Gasteiger charge is -2.10. The summed E-state index contributed by atoms with van der Waals surface area (Å²) >= 11 is 0. The third-order valence-corrected chi connectivity index (χ3v) is 2.96. The lowest BCUT2D eigenvalue weighted by Crippen LogP contribution is -2.13. The standard InChI is InChI=1S/C17H19NO3/c1-13-6-4-7-14(12-13)20-10-5-11-21-16-9-3-2-8-15(16)17(18)19/h2-4,6-9,12H,5,10-11H2,1H3,(H2,18,19). The average Bonchev–Trinajstić information content (AvgIpc) is 2.47. The molecule has 0 aromatic heterocycles. The van der Waals surface area contributed by atoms with Crippen molar-refractivity contribution in [2.75, 3.05) is 13.2 Å². The third-order valence-electron chi connectivity index (χ3n) is 2.96. The highest BCUT2D eigenvalue weighted by atomic mass is 16.5. The lowest BCUT2D eigenvalue weighted by atomic mass is 10.2. The molecule has 2 N–H and O–H groups in total. The van der Waals surface area contributed by atoms with E-state index in [0.717, 1.165) is 12.2 Å². The van der Waals surface area contributed by atoms with Crippen molar-refractivity contribution in [3.05, 3.63) is 59.7 Å². The molecule has 21 heavy (non-hydrogen) atoms. The van der Waals surface area contributed by atoms with Crippen LogP contribution < -0.4 is 15.2 Å². The van der Waals surface area contributed by atoms with Gasteiger partial charge in [0.25, 0.3) is 5.91 Å². The fraction of sp³-hybridized carbons (Fsp3) is 0.235. The summed E-state index contributed by atoms with van der Waals surface area (Å²) in [6, 6.07) is 14.9. The number of hydrogen-bond donors (Lipinski definition) is 1. The highest BCUT2D eigenvalue weighted by Gasteiger charge is 2.07. The first-order valence-corrected chi connectivity index (χ1v) is 6.88. The highest BCUT2D eigenvalue weighted by Crippen LogP contribution is 2.17. The number of carbonyl (C=O) groups excluding carboxylic acids is 1. The van der Waals surface area contributed by atoms with Gasteiger partial charge in [0.15, 0.2) is 0 Å². The van der Waals surface area contributed by atoms with Crippen molar-refractivity contribution in [2.24, 2.45) is 5.73 Å². The van der Waals surface area contributed by atoms with Crippen molar-refractivity contribution in [3.8, 4) is 11.5 Å². The van der Waals surface area contributed by atoms with E-state index in [2.05, 4.69) is 0 Å². The molecule has 0 bridgehead atoms. The second-order valence-corrected chi connectivity index (χ2v) is 4.73. The summed E-state index contributed by atoms with van der Waals surface area (Å²) in [6.45, 7) is 3.05. The Hall–Kier alpha value is -2.49. The van der Waals surface area contributed by atoms with Crippen molar-refractivity contribution in [2.45, 2.75) is 13.3 Å². The van der Waals surface area contributed by atoms with Crippen molar-refractivity contribution < 1.29 is 14.3 Å². The maximum atomic E-state index is 11.2. The molecule has 4 nitrogen and oxygen atoms in total. The predicted octanol–water partition coefficient (Wildman–Crippen LogP) is 2.94. The molecule has 1 amide bonds. The van der Waals surface area contributed by atoms with Crippen LogP contribution in [0.15, 0.2) is 48.5 Å². The zero-order valence-electron chi connectivity index (χ0n) is 12.0. The van der Waals surface area contributed by atoms with Crippen molar-refractivity contribution >= 4 is 5.91 Å². The van der Waals surface area contributed by atoms with E-state index in [1.165, 1.54) is 5.56 Å². The van der Waals surface area contributed by atoms with Crippen LogP contribution in [-0.2, 0) is 0 Å². The zero-order chi connectivity index (χ0) is 15.1. The maximum Gasteiger partial charge on any atom is 0.252 e. The summed E-state index contributed by atoms with van der Waals surface area (Å²) in [5, 5.41) is 0. The number of carbonyl (C=O) groups is 1. The molecule has 0 radical (unpaired) electrons. The number of rotatable bonds is 7. The van der Waals surface area contributed by atoms with Crippen LogP contribution in [-0.4, -0.2) is 19.1 Å². The van der Waals surface area contributed by atoms with Gasteiger partial charge in [-0.15, -0.1) is 0 Å². The quantitative estimate of drug-likeness (QED) is 0.796. The van der Waals surface area contributed by atoms with E-state index in [-0.39, 0.29) is 0 Å². The second-order valence-electron chi connectivity index (χ2n) is 4.73. The smallest absolute Gasteiger partial charge is 0.252 e. The van der Waals surface area contributed by atoms with E-state index in [0.29, 0.717) is 24.5 Å². The Morgan fingerprint density at radius 2 is 1.81 bits per heavy atom. The largest absolute Gasteiger partial charge is 0.493 e. The van der Waals surface area contributed by atoms with Gasteiger partial charge in [-0.05, 0) is 36.8 Å². The maximum absolute atomic E-state index is 11.2. The molecule has 0 aliphatic heterocycles. The molecule has 0 heterocycles. The normalized spacial score (nSPS) is 10.1. The summed E-state index contributed by atoms with van der Waals surface area (Å²) in [5.74, 6) is 0.884. The summed E-state index contributed by atoms with van der Waals surface area (Å²) in [7, 11) is 0. The van der Waals surface area contributed by atoms with Crippen LogP contribution in [0.25, 0.3) is 0 Å².